The van der Waals surface area contributed by atoms with E-state index >= 15 is 0 Å². The number of fused-ring (bicyclic) bond motifs is 1. The molecule has 0 saturated heterocycles. The smallest absolute Gasteiger partial charge is 0.389 e. The molecule has 0 amide bonds. The summed E-state index contributed by atoms with van der Waals surface area (Å²) in [4.78, 5) is 3.95. The molecule has 0 spiro atoms. The molecule has 0 unspecified atom stereocenters. The highest BCUT2D eigenvalue weighted by Gasteiger charge is 2.34. The Bertz CT molecular complexity index is 586. The first-order valence-corrected chi connectivity index (χ1v) is 5.55. The van der Waals surface area contributed by atoms with Gasteiger partial charge in [0.15, 0.2) is 11.5 Å². The Kier molecular flexibility index (Phi) is 3.13. The fourth-order valence-corrected chi connectivity index (χ4v) is 1.50. The fraction of sp³-hybridized carbons (Fsp3) is 0.455. The van der Waals surface area contributed by atoms with Crippen LogP contribution in [-0.2, 0) is 6.18 Å². The van der Waals surface area contributed by atoms with E-state index in [4.69, 9.17) is 0 Å². The maximum Gasteiger partial charge on any atom is 0.435 e. The number of alkyl halides is 3. The molecule has 0 aromatic carbocycles. The minimum Gasteiger partial charge on any atom is -0.389 e. The zero-order valence-corrected chi connectivity index (χ0v) is 10.4. The van der Waals surface area contributed by atoms with Gasteiger partial charge >= 0.3 is 6.18 Å². The SMILES string of the molecule is CC(C)(O)CNc1nccn2nc(C(F)(F)F)cc12. The summed E-state index contributed by atoms with van der Waals surface area (Å²) in [5, 5.41) is 15.8. The third kappa shape index (κ3) is 3.14. The van der Waals surface area contributed by atoms with Crippen LogP contribution in [0, 0.1) is 0 Å². The number of anilines is 1. The first-order chi connectivity index (χ1) is 8.67. The van der Waals surface area contributed by atoms with Gasteiger partial charge in [0.2, 0.25) is 0 Å². The van der Waals surface area contributed by atoms with Crippen LogP contribution in [0.2, 0.25) is 0 Å². The second kappa shape index (κ2) is 4.37. The van der Waals surface area contributed by atoms with Crippen LogP contribution in [-0.4, -0.2) is 31.9 Å². The van der Waals surface area contributed by atoms with Gasteiger partial charge in [-0.25, -0.2) is 9.50 Å². The number of rotatable bonds is 3. The standard InChI is InChI=1S/C11H13F3N4O/c1-10(2,19)6-16-9-7-5-8(11(12,13)14)17-18(7)4-3-15-9/h3-5,19H,6H2,1-2H3,(H,15,16). The monoisotopic (exact) mass is 274 g/mol. The van der Waals surface area contributed by atoms with Gasteiger partial charge in [-0.2, -0.15) is 18.3 Å². The number of nitrogens with zero attached hydrogens (tertiary/aromatic N) is 3. The van der Waals surface area contributed by atoms with Crippen LogP contribution < -0.4 is 5.32 Å². The summed E-state index contributed by atoms with van der Waals surface area (Å²) < 4.78 is 38.8. The number of hydrogen-bond acceptors (Lipinski definition) is 4. The molecular formula is C11H13F3N4O. The molecule has 2 N–H and O–H groups in total. The van der Waals surface area contributed by atoms with Crippen molar-refractivity contribution in [2.75, 3.05) is 11.9 Å². The molecule has 0 fully saturated rings. The predicted molar refractivity (Wildman–Crippen MR) is 62.8 cm³/mol. The molecule has 2 aromatic rings. The third-order valence-electron chi connectivity index (χ3n) is 2.37. The fourth-order valence-electron chi connectivity index (χ4n) is 1.50. The van der Waals surface area contributed by atoms with Crippen LogP contribution in [0.25, 0.3) is 5.52 Å². The van der Waals surface area contributed by atoms with Crippen LogP contribution in [0.5, 0.6) is 0 Å². The summed E-state index contributed by atoms with van der Waals surface area (Å²) >= 11 is 0. The highest BCUT2D eigenvalue weighted by molar-refractivity contribution is 5.68. The van der Waals surface area contributed by atoms with Crippen molar-refractivity contribution in [2.24, 2.45) is 0 Å². The first kappa shape index (κ1) is 13.6. The van der Waals surface area contributed by atoms with Gasteiger partial charge in [0.25, 0.3) is 0 Å². The largest absolute Gasteiger partial charge is 0.435 e. The Morgan fingerprint density at radius 2 is 2.05 bits per heavy atom. The van der Waals surface area contributed by atoms with Crippen LogP contribution >= 0.6 is 0 Å². The lowest BCUT2D eigenvalue weighted by atomic mass is 10.1. The van der Waals surface area contributed by atoms with E-state index < -0.39 is 17.5 Å². The van der Waals surface area contributed by atoms with Crippen LogP contribution in [0.3, 0.4) is 0 Å². The lowest BCUT2D eigenvalue weighted by Crippen LogP contribution is -2.29. The summed E-state index contributed by atoms with van der Waals surface area (Å²) in [6.07, 6.45) is -1.83. The third-order valence-corrected chi connectivity index (χ3v) is 2.37. The Morgan fingerprint density at radius 3 is 2.63 bits per heavy atom. The topological polar surface area (TPSA) is 62.5 Å². The molecule has 0 radical (unpaired) electrons. The molecule has 0 aliphatic heterocycles. The molecule has 8 heteroatoms. The minimum absolute atomic E-state index is 0.159. The highest BCUT2D eigenvalue weighted by Crippen LogP contribution is 2.30. The van der Waals surface area contributed by atoms with Gasteiger partial charge in [0.05, 0.1) is 5.60 Å². The van der Waals surface area contributed by atoms with Crippen molar-refractivity contribution >= 4 is 11.3 Å². The van der Waals surface area contributed by atoms with Gasteiger partial charge in [-0.15, -0.1) is 0 Å². The molecule has 19 heavy (non-hydrogen) atoms. The summed E-state index contributed by atoms with van der Waals surface area (Å²) in [7, 11) is 0. The van der Waals surface area contributed by atoms with E-state index in [0.29, 0.717) is 0 Å². The van der Waals surface area contributed by atoms with E-state index in [9.17, 15) is 18.3 Å². The second-order valence-electron chi connectivity index (χ2n) is 4.80. The summed E-state index contributed by atoms with van der Waals surface area (Å²) in [6, 6.07) is 0.916. The van der Waals surface area contributed by atoms with Crippen molar-refractivity contribution in [2.45, 2.75) is 25.6 Å². The summed E-state index contributed by atoms with van der Waals surface area (Å²) in [5.74, 6) is 0.243. The molecular weight excluding hydrogens is 261 g/mol. The molecule has 0 saturated carbocycles. The van der Waals surface area contributed by atoms with Crippen molar-refractivity contribution in [1.29, 1.82) is 0 Å². The molecule has 104 valence electrons. The first-order valence-electron chi connectivity index (χ1n) is 5.55. The maximum atomic E-state index is 12.6. The quantitative estimate of drug-likeness (QED) is 0.897. The van der Waals surface area contributed by atoms with Gasteiger partial charge in [0, 0.05) is 25.0 Å². The maximum absolute atomic E-state index is 12.6. The van der Waals surface area contributed by atoms with E-state index in [1.165, 1.54) is 12.4 Å². The zero-order valence-electron chi connectivity index (χ0n) is 10.4. The minimum atomic E-state index is -4.50. The highest BCUT2D eigenvalue weighted by atomic mass is 19.4. The van der Waals surface area contributed by atoms with Crippen molar-refractivity contribution in [1.82, 2.24) is 14.6 Å². The molecule has 0 atom stereocenters. The van der Waals surface area contributed by atoms with Crippen molar-refractivity contribution in [3.05, 3.63) is 24.2 Å². The second-order valence-corrected chi connectivity index (χ2v) is 4.80. The van der Waals surface area contributed by atoms with Gasteiger partial charge in [-0.1, -0.05) is 0 Å². The summed E-state index contributed by atoms with van der Waals surface area (Å²) in [5.41, 5.74) is -1.77. The van der Waals surface area contributed by atoms with Gasteiger partial charge in [0.1, 0.15) is 5.52 Å². The van der Waals surface area contributed by atoms with Crippen LogP contribution in [0.1, 0.15) is 19.5 Å². The number of nitrogens with one attached hydrogen (secondary N) is 1. The van der Waals surface area contributed by atoms with Crippen LogP contribution in [0.15, 0.2) is 18.5 Å². The van der Waals surface area contributed by atoms with Crippen molar-refractivity contribution in [3.63, 3.8) is 0 Å². The van der Waals surface area contributed by atoms with E-state index in [-0.39, 0.29) is 17.9 Å². The predicted octanol–water partition coefficient (Wildman–Crippen LogP) is 1.93. The Hall–Kier alpha value is -1.83. The van der Waals surface area contributed by atoms with E-state index in [1.807, 2.05) is 0 Å². The average molecular weight is 274 g/mol. The Balaban J connectivity index is 2.37. The van der Waals surface area contributed by atoms with Gasteiger partial charge in [-0.3, -0.25) is 0 Å². The Labute approximate surface area is 107 Å². The van der Waals surface area contributed by atoms with Crippen molar-refractivity contribution in [3.8, 4) is 0 Å². The molecule has 5 nitrogen and oxygen atoms in total. The normalized spacial score (nSPS) is 12.9. The molecule has 0 aliphatic rings. The number of aliphatic hydroxyl groups is 1. The molecule has 2 rings (SSSR count). The number of aromatic nitrogens is 3. The summed E-state index contributed by atoms with van der Waals surface area (Å²) in [6.45, 7) is 3.32. The number of halogens is 3. The lowest BCUT2D eigenvalue weighted by molar-refractivity contribution is -0.141. The van der Waals surface area contributed by atoms with Gasteiger partial charge in [-0.05, 0) is 13.8 Å². The van der Waals surface area contributed by atoms with Gasteiger partial charge < -0.3 is 10.4 Å². The van der Waals surface area contributed by atoms with E-state index in [1.54, 1.807) is 13.8 Å². The zero-order chi connectivity index (χ0) is 14.3. The Morgan fingerprint density at radius 1 is 1.37 bits per heavy atom. The van der Waals surface area contributed by atoms with Crippen molar-refractivity contribution < 1.29 is 18.3 Å². The molecule has 2 aromatic heterocycles. The number of hydrogen-bond donors (Lipinski definition) is 2. The molecule has 0 aliphatic carbocycles. The van der Waals surface area contributed by atoms with E-state index in [0.717, 1.165) is 10.6 Å². The average Bonchev–Trinajstić information content (AvgIpc) is 2.68. The van der Waals surface area contributed by atoms with Crippen LogP contribution in [0.4, 0.5) is 19.0 Å². The molecule has 0 bridgehead atoms. The molecule has 2 heterocycles. The van der Waals surface area contributed by atoms with E-state index in [2.05, 4.69) is 15.4 Å². The lowest BCUT2D eigenvalue weighted by Gasteiger charge is -2.18.